The molecule has 2 rings (SSSR count). The number of hydrogen-bond acceptors (Lipinski definition) is 3. The molecule has 4 nitrogen and oxygen atoms in total. The molecule has 3 N–H and O–H groups in total. The summed E-state index contributed by atoms with van der Waals surface area (Å²) in [5.74, 6) is -0.181. The fourth-order valence-corrected chi connectivity index (χ4v) is 2.55. The van der Waals surface area contributed by atoms with E-state index in [0.29, 0.717) is 20.8 Å². The average molecular weight is 374 g/mol. The van der Waals surface area contributed by atoms with Gasteiger partial charge in [0.1, 0.15) is 18.2 Å². The van der Waals surface area contributed by atoms with Crippen molar-refractivity contribution in [3.63, 3.8) is 0 Å². The number of rotatable bonds is 4. The number of amidine groups is 1. The fraction of sp³-hybridized carbons (Fsp3) is 0.0714. The molecule has 0 aliphatic carbocycles. The molecule has 0 spiro atoms. The van der Waals surface area contributed by atoms with Crippen molar-refractivity contribution in [1.82, 2.24) is 0 Å². The van der Waals surface area contributed by atoms with Crippen LogP contribution in [0.1, 0.15) is 11.1 Å². The van der Waals surface area contributed by atoms with Crippen LogP contribution in [0.5, 0.6) is 5.75 Å². The van der Waals surface area contributed by atoms with Gasteiger partial charge in [-0.15, -0.1) is 0 Å². The lowest BCUT2D eigenvalue weighted by Crippen LogP contribution is -2.15. The average Bonchev–Trinajstić information content (AvgIpc) is 2.43. The summed E-state index contributed by atoms with van der Waals surface area (Å²) in [6.45, 7) is 0.114. The number of nitrogens with two attached hydrogens (primary N) is 1. The monoisotopic (exact) mass is 372 g/mol. The van der Waals surface area contributed by atoms with Crippen LogP contribution in [0.15, 0.2) is 46.0 Å². The van der Waals surface area contributed by atoms with Gasteiger partial charge in [-0.2, -0.15) is 0 Å². The van der Waals surface area contributed by atoms with Crippen LogP contribution in [0.3, 0.4) is 0 Å². The minimum Gasteiger partial charge on any atom is -0.488 e. The predicted molar refractivity (Wildman–Crippen MR) is 82.4 cm³/mol. The van der Waals surface area contributed by atoms with Crippen molar-refractivity contribution in [2.75, 3.05) is 0 Å². The largest absolute Gasteiger partial charge is 0.488 e. The lowest BCUT2D eigenvalue weighted by Gasteiger charge is -2.12. The van der Waals surface area contributed by atoms with E-state index in [2.05, 4.69) is 21.1 Å². The molecule has 0 aliphatic heterocycles. The number of halogens is 3. The van der Waals surface area contributed by atoms with Gasteiger partial charge in [0.25, 0.3) is 0 Å². The van der Waals surface area contributed by atoms with E-state index in [-0.39, 0.29) is 23.8 Å². The highest BCUT2D eigenvalue weighted by atomic mass is 79.9. The van der Waals surface area contributed by atoms with Crippen LogP contribution >= 0.6 is 27.5 Å². The minimum atomic E-state index is -0.370. The Bertz CT molecular complexity index is 674. The smallest absolute Gasteiger partial charge is 0.175 e. The van der Waals surface area contributed by atoms with Gasteiger partial charge in [0, 0.05) is 4.47 Å². The molecule has 0 aromatic heterocycles. The Morgan fingerprint density at radius 1 is 1.38 bits per heavy atom. The third-order valence-electron chi connectivity index (χ3n) is 2.66. The van der Waals surface area contributed by atoms with Gasteiger partial charge in [-0.1, -0.05) is 38.8 Å². The Balaban J connectivity index is 2.26. The molecule has 2 aromatic rings. The molecule has 0 atom stereocenters. The molecular formula is C14H11BrClFN2O2. The SMILES string of the molecule is N/C(=N/O)c1c(Cl)cccc1OCc1cc(F)cc(Br)c1. The minimum absolute atomic E-state index is 0.114. The van der Waals surface area contributed by atoms with Gasteiger partial charge >= 0.3 is 0 Å². The summed E-state index contributed by atoms with van der Waals surface area (Å²) < 4.78 is 19.5. The zero-order valence-corrected chi connectivity index (χ0v) is 13.0. The molecule has 0 amide bonds. The molecule has 0 saturated carbocycles. The lowest BCUT2D eigenvalue weighted by atomic mass is 10.2. The van der Waals surface area contributed by atoms with Crippen molar-refractivity contribution in [3.05, 3.63) is 62.8 Å². The van der Waals surface area contributed by atoms with Crippen molar-refractivity contribution in [1.29, 1.82) is 0 Å². The first-order valence-electron chi connectivity index (χ1n) is 5.85. The summed E-state index contributed by atoms with van der Waals surface area (Å²) >= 11 is 9.23. The van der Waals surface area contributed by atoms with Crippen molar-refractivity contribution in [3.8, 4) is 5.75 Å². The van der Waals surface area contributed by atoms with Gasteiger partial charge in [-0.25, -0.2) is 4.39 Å². The molecule has 110 valence electrons. The van der Waals surface area contributed by atoms with E-state index in [1.807, 2.05) is 0 Å². The van der Waals surface area contributed by atoms with Crippen LogP contribution in [0.25, 0.3) is 0 Å². The van der Waals surface area contributed by atoms with E-state index in [9.17, 15) is 4.39 Å². The molecule has 2 aromatic carbocycles. The second-order valence-electron chi connectivity index (χ2n) is 4.16. The number of ether oxygens (including phenoxy) is 1. The van der Waals surface area contributed by atoms with Crippen LogP contribution in [-0.2, 0) is 6.61 Å². The number of hydrogen-bond donors (Lipinski definition) is 2. The maximum Gasteiger partial charge on any atom is 0.175 e. The van der Waals surface area contributed by atoms with E-state index in [1.165, 1.54) is 12.1 Å². The van der Waals surface area contributed by atoms with E-state index in [1.54, 1.807) is 24.3 Å². The third-order valence-corrected chi connectivity index (χ3v) is 3.43. The summed E-state index contributed by atoms with van der Waals surface area (Å²) in [6.07, 6.45) is 0. The summed E-state index contributed by atoms with van der Waals surface area (Å²) in [4.78, 5) is 0. The first kappa shape index (κ1) is 15.6. The zero-order chi connectivity index (χ0) is 15.4. The highest BCUT2D eigenvalue weighted by Gasteiger charge is 2.13. The molecule has 7 heteroatoms. The van der Waals surface area contributed by atoms with Gasteiger partial charge in [0.05, 0.1) is 10.6 Å². The van der Waals surface area contributed by atoms with Gasteiger partial charge in [0.2, 0.25) is 0 Å². The Labute approximate surface area is 134 Å². The third kappa shape index (κ3) is 3.86. The number of oxime groups is 1. The number of benzene rings is 2. The molecule has 0 bridgehead atoms. The Hall–Kier alpha value is -1.79. The summed E-state index contributed by atoms with van der Waals surface area (Å²) in [5, 5.41) is 12.0. The van der Waals surface area contributed by atoms with E-state index in [0.717, 1.165) is 0 Å². The second-order valence-corrected chi connectivity index (χ2v) is 5.49. The zero-order valence-electron chi connectivity index (χ0n) is 10.7. The summed E-state index contributed by atoms with van der Waals surface area (Å²) in [5.41, 5.74) is 6.50. The van der Waals surface area contributed by atoms with Crippen LogP contribution < -0.4 is 10.5 Å². The maximum absolute atomic E-state index is 13.3. The Kier molecular flexibility index (Phi) is 5.03. The fourth-order valence-electron chi connectivity index (χ4n) is 1.78. The summed E-state index contributed by atoms with van der Waals surface area (Å²) in [6, 6.07) is 9.35. The van der Waals surface area contributed by atoms with E-state index in [4.69, 9.17) is 27.3 Å². The Morgan fingerprint density at radius 3 is 2.81 bits per heavy atom. The molecular weight excluding hydrogens is 363 g/mol. The normalized spacial score (nSPS) is 11.5. The van der Waals surface area contributed by atoms with E-state index >= 15 is 0 Å². The topological polar surface area (TPSA) is 67.8 Å². The van der Waals surface area contributed by atoms with Crippen molar-refractivity contribution in [2.45, 2.75) is 6.61 Å². The highest BCUT2D eigenvalue weighted by molar-refractivity contribution is 9.10. The summed E-state index contributed by atoms with van der Waals surface area (Å²) in [7, 11) is 0. The van der Waals surface area contributed by atoms with Crippen LogP contribution in [0, 0.1) is 5.82 Å². The van der Waals surface area contributed by atoms with Crippen molar-refractivity contribution < 1.29 is 14.3 Å². The van der Waals surface area contributed by atoms with Gasteiger partial charge in [0.15, 0.2) is 5.84 Å². The maximum atomic E-state index is 13.3. The van der Waals surface area contributed by atoms with Gasteiger partial charge in [-0.05, 0) is 35.9 Å². The highest BCUT2D eigenvalue weighted by Crippen LogP contribution is 2.27. The van der Waals surface area contributed by atoms with Gasteiger partial charge in [-0.3, -0.25) is 0 Å². The quantitative estimate of drug-likeness (QED) is 0.369. The van der Waals surface area contributed by atoms with Crippen molar-refractivity contribution >= 4 is 33.4 Å². The van der Waals surface area contributed by atoms with Gasteiger partial charge < -0.3 is 15.7 Å². The standard InChI is InChI=1S/C14H11BrClFN2O2/c15-9-4-8(5-10(17)6-9)7-21-12-3-1-2-11(16)13(12)14(18)19-20/h1-6,20H,7H2,(H2,18,19). The molecule has 0 saturated heterocycles. The first-order chi connectivity index (χ1) is 10.0. The van der Waals surface area contributed by atoms with Crippen LogP contribution in [0.2, 0.25) is 5.02 Å². The van der Waals surface area contributed by atoms with Crippen LogP contribution in [-0.4, -0.2) is 11.0 Å². The van der Waals surface area contributed by atoms with Crippen LogP contribution in [0.4, 0.5) is 4.39 Å². The molecule has 0 radical (unpaired) electrons. The molecule has 21 heavy (non-hydrogen) atoms. The molecule has 0 unspecified atom stereocenters. The number of nitrogens with zero attached hydrogens (tertiary/aromatic N) is 1. The van der Waals surface area contributed by atoms with E-state index < -0.39 is 0 Å². The Morgan fingerprint density at radius 2 is 2.14 bits per heavy atom. The van der Waals surface area contributed by atoms with Crippen molar-refractivity contribution in [2.24, 2.45) is 10.9 Å². The molecule has 0 fully saturated rings. The lowest BCUT2D eigenvalue weighted by molar-refractivity contribution is 0.302. The molecule has 0 heterocycles. The first-order valence-corrected chi connectivity index (χ1v) is 7.02. The molecule has 0 aliphatic rings. The predicted octanol–water partition coefficient (Wildman–Crippen LogP) is 3.92. The second kappa shape index (κ2) is 6.78.